The molecule has 5 nitrogen and oxygen atoms in total. The summed E-state index contributed by atoms with van der Waals surface area (Å²) in [7, 11) is 1.57. The van der Waals surface area contributed by atoms with Crippen molar-refractivity contribution in [3.05, 3.63) is 46.7 Å². The van der Waals surface area contributed by atoms with Gasteiger partial charge in [0.05, 0.1) is 17.7 Å². The van der Waals surface area contributed by atoms with Crippen LogP contribution in [0.4, 0.5) is 0 Å². The summed E-state index contributed by atoms with van der Waals surface area (Å²) in [6.45, 7) is 7.41. The second kappa shape index (κ2) is 6.65. The van der Waals surface area contributed by atoms with Gasteiger partial charge in [-0.3, -0.25) is 0 Å². The van der Waals surface area contributed by atoms with Gasteiger partial charge in [0.25, 0.3) is 0 Å². The van der Waals surface area contributed by atoms with Gasteiger partial charge in [0.1, 0.15) is 5.60 Å². The molecule has 26 heavy (non-hydrogen) atoms. The number of hydrogen-bond acceptors (Lipinski definition) is 4. The topological polar surface area (TPSA) is 64.2 Å². The third-order valence-electron chi connectivity index (χ3n) is 3.87. The fourth-order valence-corrected chi connectivity index (χ4v) is 3.01. The van der Waals surface area contributed by atoms with Crippen molar-refractivity contribution in [1.82, 2.24) is 9.97 Å². The van der Waals surface area contributed by atoms with Gasteiger partial charge in [-0.15, -0.1) is 0 Å². The number of ether oxygens (including phenoxy) is 2. The first-order valence-corrected chi connectivity index (χ1v) is 8.63. The van der Waals surface area contributed by atoms with Gasteiger partial charge < -0.3 is 14.5 Å². The number of H-pyrrole nitrogens is 1. The first-order chi connectivity index (χ1) is 12.2. The number of methoxy groups -OCH3 is 1. The van der Waals surface area contributed by atoms with Crippen molar-refractivity contribution in [1.29, 1.82) is 0 Å². The Morgan fingerprint density at radius 2 is 1.92 bits per heavy atom. The van der Waals surface area contributed by atoms with E-state index >= 15 is 0 Å². The molecule has 1 N–H and O–H groups in total. The van der Waals surface area contributed by atoms with Crippen molar-refractivity contribution in [2.24, 2.45) is 0 Å². The molecule has 3 aromatic rings. The highest BCUT2D eigenvalue weighted by atomic mass is 35.5. The predicted molar refractivity (Wildman–Crippen MR) is 103 cm³/mol. The summed E-state index contributed by atoms with van der Waals surface area (Å²) in [5, 5.41) is 1.28. The van der Waals surface area contributed by atoms with E-state index in [-0.39, 0.29) is 5.97 Å². The van der Waals surface area contributed by atoms with Crippen LogP contribution in [0.3, 0.4) is 0 Å². The van der Waals surface area contributed by atoms with Crippen molar-refractivity contribution < 1.29 is 14.3 Å². The molecule has 0 saturated heterocycles. The van der Waals surface area contributed by atoms with Crippen LogP contribution in [0.25, 0.3) is 22.0 Å². The number of esters is 1. The van der Waals surface area contributed by atoms with E-state index in [4.69, 9.17) is 21.1 Å². The molecule has 0 saturated carbocycles. The lowest BCUT2D eigenvalue weighted by atomic mass is 10.0. The van der Waals surface area contributed by atoms with Crippen LogP contribution in [0.2, 0.25) is 5.02 Å². The minimum absolute atomic E-state index is 0.383. The number of fused-ring (bicyclic) bond motifs is 1. The molecule has 2 aromatic heterocycles. The smallest absolute Gasteiger partial charge is 0.340 e. The number of aromatic nitrogens is 2. The quantitative estimate of drug-likeness (QED) is 0.645. The van der Waals surface area contributed by atoms with Gasteiger partial charge >= 0.3 is 5.97 Å². The van der Waals surface area contributed by atoms with Crippen molar-refractivity contribution in [2.45, 2.75) is 33.3 Å². The van der Waals surface area contributed by atoms with E-state index in [1.165, 1.54) is 0 Å². The maximum atomic E-state index is 12.5. The summed E-state index contributed by atoms with van der Waals surface area (Å²) in [6, 6.07) is 7.46. The molecule has 0 fully saturated rings. The summed E-state index contributed by atoms with van der Waals surface area (Å²) in [5.41, 5.74) is 3.01. The summed E-state index contributed by atoms with van der Waals surface area (Å²) in [5.74, 6) is 0.103. The van der Waals surface area contributed by atoms with Gasteiger partial charge in [-0.25, -0.2) is 9.78 Å². The molecule has 0 unspecified atom stereocenters. The largest absolute Gasteiger partial charge is 0.481 e. The highest BCUT2D eigenvalue weighted by Crippen LogP contribution is 2.37. The first kappa shape index (κ1) is 18.3. The van der Waals surface area contributed by atoms with Crippen LogP contribution >= 0.6 is 11.6 Å². The van der Waals surface area contributed by atoms with Crippen molar-refractivity contribution in [3.8, 4) is 17.0 Å². The minimum atomic E-state index is -0.569. The predicted octanol–water partition coefficient (Wildman–Crippen LogP) is 5.16. The van der Waals surface area contributed by atoms with Gasteiger partial charge in [0.2, 0.25) is 5.88 Å². The summed E-state index contributed by atoms with van der Waals surface area (Å²) in [4.78, 5) is 20.0. The summed E-state index contributed by atoms with van der Waals surface area (Å²) in [6.07, 6.45) is 1.64. The van der Waals surface area contributed by atoms with Crippen LogP contribution in [0.5, 0.6) is 5.88 Å². The van der Waals surface area contributed by atoms with Crippen molar-refractivity contribution in [2.75, 3.05) is 7.11 Å². The van der Waals surface area contributed by atoms with Gasteiger partial charge in [-0.1, -0.05) is 11.6 Å². The Hall–Kier alpha value is -2.53. The number of aromatic amines is 1. The fraction of sp³-hybridized carbons (Fsp3) is 0.300. The molecule has 0 radical (unpaired) electrons. The molecule has 0 atom stereocenters. The Balaban J connectivity index is 2.15. The third-order valence-corrected chi connectivity index (χ3v) is 4.18. The van der Waals surface area contributed by atoms with E-state index in [0.717, 1.165) is 27.7 Å². The molecular formula is C20H21ClN2O3. The van der Waals surface area contributed by atoms with Gasteiger partial charge in [0, 0.05) is 33.9 Å². The van der Waals surface area contributed by atoms with Gasteiger partial charge in [-0.05, 0) is 52.0 Å². The zero-order chi connectivity index (χ0) is 19.1. The molecule has 0 amide bonds. The molecule has 6 heteroatoms. The Kier molecular flexibility index (Phi) is 4.67. The number of pyridine rings is 1. The van der Waals surface area contributed by atoms with Crippen LogP contribution < -0.4 is 4.74 Å². The van der Waals surface area contributed by atoms with E-state index in [9.17, 15) is 4.79 Å². The van der Waals surface area contributed by atoms with E-state index in [1.54, 1.807) is 19.4 Å². The van der Waals surface area contributed by atoms with E-state index in [1.807, 2.05) is 45.9 Å². The minimum Gasteiger partial charge on any atom is -0.481 e. The number of carbonyl (C=O) groups excluding carboxylic acids is 1. The van der Waals surface area contributed by atoms with Crippen molar-refractivity contribution in [3.63, 3.8) is 0 Å². The van der Waals surface area contributed by atoms with Gasteiger partial charge in [-0.2, -0.15) is 0 Å². The molecule has 0 aliphatic carbocycles. The number of nitrogens with one attached hydrogen (secondary N) is 1. The standard InChI is InChI=1S/C20H21ClN2O3/c1-11-6-7-12(18(23-11)25-5)13-8-14-15(19(24)26-20(2,3)4)10-22-17(14)9-16(13)21/h6-10,22H,1-5H3. The Bertz CT molecular complexity index is 987. The molecule has 0 aliphatic heterocycles. The van der Waals surface area contributed by atoms with Gasteiger partial charge in [0.15, 0.2) is 0 Å². The Morgan fingerprint density at radius 3 is 2.58 bits per heavy atom. The molecule has 3 rings (SSSR count). The van der Waals surface area contributed by atoms with Crippen LogP contribution in [0.15, 0.2) is 30.5 Å². The number of halogens is 1. The van der Waals surface area contributed by atoms with E-state index < -0.39 is 5.60 Å². The first-order valence-electron chi connectivity index (χ1n) is 8.25. The lowest BCUT2D eigenvalue weighted by molar-refractivity contribution is 0.00719. The third kappa shape index (κ3) is 3.53. The molecule has 0 bridgehead atoms. The van der Waals surface area contributed by atoms with Crippen LogP contribution in [-0.2, 0) is 4.74 Å². The monoisotopic (exact) mass is 372 g/mol. The SMILES string of the molecule is COc1nc(C)ccc1-c1cc2c(C(=O)OC(C)(C)C)c[nH]c2cc1Cl. The Morgan fingerprint density at radius 1 is 1.19 bits per heavy atom. The van der Waals surface area contributed by atoms with E-state index in [2.05, 4.69) is 9.97 Å². The fourth-order valence-electron chi connectivity index (χ4n) is 2.75. The number of rotatable bonds is 3. The molecule has 1 aromatic carbocycles. The normalized spacial score (nSPS) is 11.6. The maximum absolute atomic E-state index is 12.5. The average Bonchev–Trinajstić information content (AvgIpc) is 2.95. The molecule has 2 heterocycles. The summed E-state index contributed by atoms with van der Waals surface area (Å²) < 4.78 is 10.9. The number of benzene rings is 1. The average molecular weight is 373 g/mol. The number of nitrogens with zero attached hydrogens (tertiary/aromatic N) is 1. The maximum Gasteiger partial charge on any atom is 0.340 e. The highest BCUT2D eigenvalue weighted by molar-refractivity contribution is 6.34. The molecule has 136 valence electrons. The zero-order valence-corrected chi connectivity index (χ0v) is 16.2. The number of carbonyl (C=O) groups is 1. The highest BCUT2D eigenvalue weighted by Gasteiger charge is 2.22. The number of hydrogen-bond donors (Lipinski definition) is 1. The van der Waals surface area contributed by atoms with Crippen LogP contribution in [-0.4, -0.2) is 28.6 Å². The van der Waals surface area contributed by atoms with Crippen LogP contribution in [0.1, 0.15) is 36.8 Å². The lowest BCUT2D eigenvalue weighted by Crippen LogP contribution is -2.23. The molecular weight excluding hydrogens is 352 g/mol. The zero-order valence-electron chi connectivity index (χ0n) is 15.4. The van der Waals surface area contributed by atoms with Crippen molar-refractivity contribution >= 4 is 28.5 Å². The molecule has 0 aliphatic rings. The second-order valence-corrected chi connectivity index (χ2v) is 7.50. The Labute approximate surface area is 157 Å². The second-order valence-electron chi connectivity index (χ2n) is 7.09. The van der Waals surface area contributed by atoms with Crippen LogP contribution in [0, 0.1) is 6.92 Å². The van der Waals surface area contributed by atoms with E-state index in [0.29, 0.717) is 16.5 Å². The number of aryl methyl sites for hydroxylation is 1. The summed E-state index contributed by atoms with van der Waals surface area (Å²) >= 11 is 6.48. The lowest BCUT2D eigenvalue weighted by Gasteiger charge is -2.19. The molecule has 0 spiro atoms.